The molecule has 1 heterocycles. The zero-order valence-corrected chi connectivity index (χ0v) is 14.0. The van der Waals surface area contributed by atoms with Crippen molar-refractivity contribution in [2.75, 3.05) is 20.2 Å². The van der Waals surface area contributed by atoms with Gasteiger partial charge in [-0.2, -0.15) is 0 Å². The maximum atomic E-state index is 12.3. The first-order valence-corrected chi connectivity index (χ1v) is 7.97. The van der Waals surface area contributed by atoms with Crippen molar-refractivity contribution < 1.29 is 14.1 Å². The van der Waals surface area contributed by atoms with Gasteiger partial charge in [0.2, 0.25) is 5.91 Å². The lowest BCUT2D eigenvalue weighted by Crippen LogP contribution is -2.32. The van der Waals surface area contributed by atoms with Crippen LogP contribution in [0.25, 0.3) is 11.0 Å². The fourth-order valence-electron chi connectivity index (χ4n) is 2.33. The van der Waals surface area contributed by atoms with E-state index in [1.165, 1.54) is 0 Å². The first-order chi connectivity index (χ1) is 11.6. The average molecular weight is 345 g/mol. The number of rotatable bonds is 6. The number of aromatic nitrogens is 1. The molecule has 0 saturated carbocycles. The normalized spacial score (nSPS) is 10.8. The molecule has 5 nitrogen and oxygen atoms in total. The number of benzene rings is 2. The van der Waals surface area contributed by atoms with Crippen LogP contribution in [0.15, 0.2) is 53.1 Å². The summed E-state index contributed by atoms with van der Waals surface area (Å²) in [6.07, 6.45) is 0.199. The molecule has 0 aliphatic rings. The van der Waals surface area contributed by atoms with Crippen LogP contribution >= 0.6 is 11.6 Å². The van der Waals surface area contributed by atoms with Crippen LogP contribution in [-0.4, -0.2) is 36.2 Å². The Balaban J connectivity index is 1.53. The number of nitrogens with zero attached hydrogens (tertiary/aromatic N) is 2. The Hall–Kier alpha value is -2.53. The van der Waals surface area contributed by atoms with Gasteiger partial charge in [-0.1, -0.05) is 35.0 Å². The van der Waals surface area contributed by atoms with E-state index in [0.29, 0.717) is 35.2 Å². The van der Waals surface area contributed by atoms with Crippen molar-refractivity contribution in [1.29, 1.82) is 0 Å². The second kappa shape index (κ2) is 7.36. The molecule has 0 unspecified atom stereocenters. The molecule has 124 valence electrons. The molecular weight excluding hydrogens is 328 g/mol. The highest BCUT2D eigenvalue weighted by Gasteiger charge is 2.15. The van der Waals surface area contributed by atoms with Crippen LogP contribution in [0.4, 0.5) is 0 Å². The molecule has 0 aliphatic carbocycles. The zero-order chi connectivity index (χ0) is 16.9. The van der Waals surface area contributed by atoms with Gasteiger partial charge in [0.1, 0.15) is 18.1 Å². The number of ether oxygens (including phenoxy) is 1. The van der Waals surface area contributed by atoms with E-state index in [0.717, 1.165) is 5.39 Å². The summed E-state index contributed by atoms with van der Waals surface area (Å²) in [5, 5.41) is 5.48. The molecule has 3 aromatic rings. The number of para-hydroxylation sites is 1. The topological polar surface area (TPSA) is 55.6 Å². The number of carbonyl (C=O) groups excluding carboxylic acids is 1. The van der Waals surface area contributed by atoms with Gasteiger partial charge in [0, 0.05) is 17.5 Å². The SMILES string of the molecule is CN(CCOc1cccc(Cl)c1)C(=O)Cc1noc2ccccc12. The van der Waals surface area contributed by atoms with E-state index in [9.17, 15) is 4.79 Å². The van der Waals surface area contributed by atoms with Crippen LogP contribution < -0.4 is 4.74 Å². The molecular formula is C18H17ClN2O3. The quantitative estimate of drug-likeness (QED) is 0.686. The summed E-state index contributed by atoms with van der Waals surface area (Å²) in [4.78, 5) is 13.9. The number of amides is 1. The maximum absolute atomic E-state index is 12.3. The Morgan fingerprint density at radius 3 is 2.92 bits per heavy atom. The molecule has 24 heavy (non-hydrogen) atoms. The lowest BCUT2D eigenvalue weighted by Gasteiger charge is -2.17. The minimum Gasteiger partial charge on any atom is -0.492 e. The molecule has 0 N–H and O–H groups in total. The molecule has 0 bridgehead atoms. The summed E-state index contributed by atoms with van der Waals surface area (Å²) >= 11 is 5.90. The lowest BCUT2D eigenvalue weighted by molar-refractivity contribution is -0.129. The summed E-state index contributed by atoms with van der Waals surface area (Å²) in [5.41, 5.74) is 1.34. The summed E-state index contributed by atoms with van der Waals surface area (Å²) in [5.74, 6) is 0.648. The molecule has 6 heteroatoms. The largest absolute Gasteiger partial charge is 0.492 e. The summed E-state index contributed by atoms with van der Waals surface area (Å²) in [6.45, 7) is 0.864. The van der Waals surface area contributed by atoms with E-state index in [2.05, 4.69) is 5.16 Å². The van der Waals surface area contributed by atoms with Gasteiger partial charge in [-0.15, -0.1) is 0 Å². The number of halogens is 1. The summed E-state index contributed by atoms with van der Waals surface area (Å²) in [6, 6.07) is 14.7. The second-order valence-corrected chi connectivity index (χ2v) is 5.86. The van der Waals surface area contributed by atoms with E-state index in [4.69, 9.17) is 20.9 Å². The predicted octanol–water partition coefficient (Wildman–Crippen LogP) is 3.56. The molecule has 0 spiro atoms. The van der Waals surface area contributed by atoms with Crippen molar-refractivity contribution in [2.45, 2.75) is 6.42 Å². The third kappa shape index (κ3) is 3.86. The van der Waals surface area contributed by atoms with Gasteiger partial charge in [0.15, 0.2) is 5.58 Å². The number of hydrogen-bond acceptors (Lipinski definition) is 4. The molecule has 0 fully saturated rings. The van der Waals surface area contributed by atoms with Gasteiger partial charge in [-0.25, -0.2) is 0 Å². The summed E-state index contributed by atoms with van der Waals surface area (Å²) in [7, 11) is 1.74. The second-order valence-electron chi connectivity index (χ2n) is 5.42. The van der Waals surface area contributed by atoms with E-state index in [-0.39, 0.29) is 12.3 Å². The minimum atomic E-state index is -0.0382. The number of carbonyl (C=O) groups is 1. The molecule has 1 amide bonds. The van der Waals surface area contributed by atoms with Crippen molar-refractivity contribution in [3.05, 3.63) is 59.2 Å². The van der Waals surface area contributed by atoms with Gasteiger partial charge in [-0.3, -0.25) is 4.79 Å². The van der Waals surface area contributed by atoms with Gasteiger partial charge in [0.05, 0.1) is 13.0 Å². The third-order valence-electron chi connectivity index (χ3n) is 3.69. The van der Waals surface area contributed by atoms with Crippen molar-refractivity contribution in [3.63, 3.8) is 0 Å². The third-order valence-corrected chi connectivity index (χ3v) is 3.92. The molecule has 0 saturated heterocycles. The fourth-order valence-corrected chi connectivity index (χ4v) is 2.51. The molecule has 0 aliphatic heterocycles. The average Bonchev–Trinajstić information content (AvgIpc) is 2.98. The van der Waals surface area contributed by atoms with Crippen LogP contribution in [0.1, 0.15) is 5.69 Å². The number of fused-ring (bicyclic) bond motifs is 1. The monoisotopic (exact) mass is 344 g/mol. The Labute approximate surface area is 144 Å². The fraction of sp³-hybridized carbons (Fsp3) is 0.222. The highest BCUT2D eigenvalue weighted by atomic mass is 35.5. The standard InChI is InChI=1S/C18H17ClN2O3/c1-21(9-10-23-14-6-4-5-13(19)11-14)18(22)12-16-15-7-2-3-8-17(15)24-20-16/h2-8,11H,9-10,12H2,1H3. The smallest absolute Gasteiger partial charge is 0.228 e. The number of hydrogen-bond donors (Lipinski definition) is 0. The minimum absolute atomic E-state index is 0.0382. The first-order valence-electron chi connectivity index (χ1n) is 7.59. The molecule has 2 aromatic carbocycles. The lowest BCUT2D eigenvalue weighted by atomic mass is 10.1. The molecule has 0 radical (unpaired) electrons. The van der Waals surface area contributed by atoms with Crippen molar-refractivity contribution in [2.24, 2.45) is 0 Å². The van der Waals surface area contributed by atoms with Gasteiger partial charge >= 0.3 is 0 Å². The molecule has 1 aromatic heterocycles. The summed E-state index contributed by atoms with van der Waals surface area (Å²) < 4.78 is 10.8. The molecule has 0 atom stereocenters. The maximum Gasteiger partial charge on any atom is 0.228 e. The Morgan fingerprint density at radius 1 is 1.25 bits per heavy atom. The van der Waals surface area contributed by atoms with Gasteiger partial charge in [0.25, 0.3) is 0 Å². The Morgan fingerprint density at radius 2 is 2.08 bits per heavy atom. The van der Waals surface area contributed by atoms with Crippen LogP contribution in [0, 0.1) is 0 Å². The highest BCUT2D eigenvalue weighted by Crippen LogP contribution is 2.19. The Bertz CT molecular complexity index is 847. The van der Waals surface area contributed by atoms with E-state index >= 15 is 0 Å². The van der Waals surface area contributed by atoms with Gasteiger partial charge < -0.3 is 14.2 Å². The van der Waals surface area contributed by atoms with E-state index in [1.807, 2.05) is 36.4 Å². The van der Waals surface area contributed by atoms with Crippen molar-refractivity contribution in [1.82, 2.24) is 10.1 Å². The van der Waals surface area contributed by atoms with E-state index in [1.54, 1.807) is 24.1 Å². The Kier molecular flexibility index (Phi) is 5.01. The zero-order valence-electron chi connectivity index (χ0n) is 13.2. The number of likely N-dealkylation sites (N-methyl/N-ethyl adjacent to an activating group) is 1. The van der Waals surface area contributed by atoms with Crippen molar-refractivity contribution >= 4 is 28.5 Å². The van der Waals surface area contributed by atoms with Crippen LogP contribution in [-0.2, 0) is 11.2 Å². The predicted molar refractivity (Wildman–Crippen MR) is 92.3 cm³/mol. The van der Waals surface area contributed by atoms with Crippen LogP contribution in [0.5, 0.6) is 5.75 Å². The highest BCUT2D eigenvalue weighted by molar-refractivity contribution is 6.30. The van der Waals surface area contributed by atoms with Crippen molar-refractivity contribution in [3.8, 4) is 5.75 Å². The first kappa shape index (κ1) is 16.3. The van der Waals surface area contributed by atoms with Crippen LogP contribution in [0.2, 0.25) is 5.02 Å². The van der Waals surface area contributed by atoms with Gasteiger partial charge in [-0.05, 0) is 30.3 Å². The van der Waals surface area contributed by atoms with Crippen LogP contribution in [0.3, 0.4) is 0 Å². The molecule has 3 rings (SSSR count). The van der Waals surface area contributed by atoms with E-state index < -0.39 is 0 Å².